The van der Waals surface area contributed by atoms with Gasteiger partial charge in [0.15, 0.2) is 15.1 Å². The lowest BCUT2D eigenvalue weighted by molar-refractivity contribution is -0.149. The molecule has 0 saturated carbocycles. The fourth-order valence-electron chi connectivity index (χ4n) is 3.76. The predicted octanol–water partition coefficient (Wildman–Crippen LogP) is 3.47. The number of carbonyl (C=O) groups excluding carboxylic acids is 2. The molecule has 0 bridgehead atoms. The summed E-state index contributed by atoms with van der Waals surface area (Å²) in [5.41, 5.74) is 1.66. The first-order valence-electron chi connectivity index (χ1n) is 9.60. The van der Waals surface area contributed by atoms with E-state index in [4.69, 9.17) is 4.42 Å². The Hall–Kier alpha value is -3.19. The predicted molar refractivity (Wildman–Crippen MR) is 110 cm³/mol. The summed E-state index contributed by atoms with van der Waals surface area (Å²) in [7, 11) is -4.06. The maximum Gasteiger partial charge on any atom is 0.248 e. The molecule has 2 aromatic carbocycles. The molecule has 2 heterocycles. The van der Waals surface area contributed by atoms with Crippen LogP contribution in [0.15, 0.2) is 82.3 Å². The van der Waals surface area contributed by atoms with Gasteiger partial charge in [0, 0.05) is 6.42 Å². The Morgan fingerprint density at radius 2 is 1.67 bits per heavy atom. The van der Waals surface area contributed by atoms with Crippen molar-refractivity contribution in [1.82, 2.24) is 4.90 Å². The van der Waals surface area contributed by atoms with Gasteiger partial charge in [0.2, 0.25) is 11.8 Å². The van der Waals surface area contributed by atoms with Gasteiger partial charge in [0.25, 0.3) is 0 Å². The first kappa shape index (κ1) is 20.1. The van der Waals surface area contributed by atoms with Crippen LogP contribution >= 0.6 is 0 Å². The molecule has 30 heavy (non-hydrogen) atoms. The molecule has 154 valence electrons. The van der Waals surface area contributed by atoms with Gasteiger partial charge in [-0.2, -0.15) is 0 Å². The zero-order chi connectivity index (χ0) is 21.3. The molecule has 1 aromatic heterocycles. The molecular weight excluding hydrogens is 402 g/mol. The summed E-state index contributed by atoms with van der Waals surface area (Å²) in [6.45, 7) is 1.89. The number of piperidine rings is 1. The van der Waals surface area contributed by atoms with Gasteiger partial charge in [-0.05, 0) is 36.8 Å². The van der Waals surface area contributed by atoms with Gasteiger partial charge < -0.3 is 4.42 Å². The summed E-state index contributed by atoms with van der Waals surface area (Å²) in [6.07, 6.45) is 1.29. The second kappa shape index (κ2) is 7.91. The van der Waals surface area contributed by atoms with Gasteiger partial charge >= 0.3 is 0 Å². The third-order valence-corrected chi connectivity index (χ3v) is 7.47. The summed E-state index contributed by atoms with van der Waals surface area (Å²) in [5.74, 6) is -1.70. The zero-order valence-corrected chi connectivity index (χ0v) is 17.2. The monoisotopic (exact) mass is 423 g/mol. The van der Waals surface area contributed by atoms with E-state index >= 15 is 0 Å². The van der Waals surface area contributed by atoms with Crippen LogP contribution in [0.2, 0.25) is 0 Å². The fraction of sp³-hybridized carbons (Fsp3) is 0.217. The number of carbonyl (C=O) groups is 2. The lowest BCUT2D eigenvalue weighted by Crippen LogP contribution is -2.53. The summed E-state index contributed by atoms with van der Waals surface area (Å²) in [6, 6.07) is 18.6. The van der Waals surface area contributed by atoms with Crippen LogP contribution < -0.4 is 0 Å². The number of hydrogen-bond acceptors (Lipinski definition) is 5. The van der Waals surface area contributed by atoms with Gasteiger partial charge in [0.05, 0.1) is 23.6 Å². The number of benzene rings is 2. The largest absolute Gasteiger partial charge is 0.469 e. The van der Waals surface area contributed by atoms with E-state index < -0.39 is 32.8 Å². The topological polar surface area (TPSA) is 84.7 Å². The Morgan fingerprint density at radius 1 is 0.967 bits per heavy atom. The van der Waals surface area contributed by atoms with E-state index in [1.54, 1.807) is 48.5 Å². The molecule has 6 nitrogen and oxygen atoms in total. The van der Waals surface area contributed by atoms with E-state index in [0.29, 0.717) is 5.76 Å². The molecule has 0 N–H and O–H groups in total. The molecule has 1 fully saturated rings. The third-order valence-electron chi connectivity index (χ3n) is 5.35. The van der Waals surface area contributed by atoms with Crippen LogP contribution in [0.5, 0.6) is 0 Å². The molecule has 2 amide bonds. The molecule has 0 radical (unpaired) electrons. The highest BCUT2D eigenvalue weighted by molar-refractivity contribution is 7.92. The SMILES string of the molecule is Cc1ccc(S(=O)(=O)[C@H]2C(=O)N(Cc3ccccc3)C(=O)C[C@@H]2c2ccco2)cc1. The highest BCUT2D eigenvalue weighted by Gasteiger charge is 2.50. The number of aryl methyl sites for hydroxylation is 1. The van der Waals surface area contributed by atoms with Crippen LogP contribution in [0.1, 0.15) is 29.2 Å². The van der Waals surface area contributed by atoms with E-state index in [0.717, 1.165) is 16.0 Å². The number of amides is 2. The molecule has 3 aromatic rings. The van der Waals surface area contributed by atoms with Crippen LogP contribution in [-0.4, -0.2) is 30.4 Å². The van der Waals surface area contributed by atoms with Gasteiger partial charge in [-0.1, -0.05) is 48.0 Å². The van der Waals surface area contributed by atoms with Crippen molar-refractivity contribution in [2.45, 2.75) is 36.0 Å². The molecule has 1 aliphatic rings. The normalized spacial score (nSPS) is 19.8. The number of nitrogens with zero attached hydrogens (tertiary/aromatic N) is 1. The van der Waals surface area contributed by atoms with Crippen molar-refractivity contribution in [2.24, 2.45) is 0 Å². The molecule has 7 heteroatoms. The van der Waals surface area contributed by atoms with Crippen LogP contribution in [0.3, 0.4) is 0 Å². The van der Waals surface area contributed by atoms with Crippen LogP contribution in [0.25, 0.3) is 0 Å². The molecule has 0 aliphatic carbocycles. The summed E-state index contributed by atoms with van der Waals surface area (Å²) in [4.78, 5) is 27.4. The van der Waals surface area contributed by atoms with E-state index in [1.165, 1.54) is 18.4 Å². The van der Waals surface area contributed by atoms with E-state index in [9.17, 15) is 18.0 Å². The van der Waals surface area contributed by atoms with Crippen molar-refractivity contribution in [1.29, 1.82) is 0 Å². The Bertz CT molecular complexity index is 1150. The van der Waals surface area contributed by atoms with Gasteiger partial charge in [-0.25, -0.2) is 8.42 Å². The molecule has 4 rings (SSSR count). The van der Waals surface area contributed by atoms with Gasteiger partial charge in [-0.3, -0.25) is 14.5 Å². The fourth-order valence-corrected chi connectivity index (χ4v) is 5.63. The van der Waals surface area contributed by atoms with Crippen molar-refractivity contribution in [3.63, 3.8) is 0 Å². The summed E-state index contributed by atoms with van der Waals surface area (Å²) in [5, 5.41) is -1.44. The second-order valence-electron chi connectivity index (χ2n) is 7.41. The number of likely N-dealkylation sites (tertiary alicyclic amines) is 1. The summed E-state index contributed by atoms with van der Waals surface area (Å²) < 4.78 is 32.5. The first-order chi connectivity index (χ1) is 14.4. The maximum absolute atomic E-state index is 13.5. The molecule has 1 saturated heterocycles. The number of sulfone groups is 1. The van der Waals surface area contributed by atoms with Crippen molar-refractivity contribution < 1.29 is 22.4 Å². The minimum Gasteiger partial charge on any atom is -0.469 e. The smallest absolute Gasteiger partial charge is 0.248 e. The number of hydrogen-bond donors (Lipinski definition) is 0. The van der Waals surface area contributed by atoms with Crippen molar-refractivity contribution in [2.75, 3.05) is 0 Å². The van der Waals surface area contributed by atoms with Crippen LogP contribution in [0, 0.1) is 6.92 Å². The third kappa shape index (κ3) is 3.68. The lowest BCUT2D eigenvalue weighted by atomic mass is 9.92. The minimum atomic E-state index is -4.06. The quantitative estimate of drug-likeness (QED) is 0.587. The van der Waals surface area contributed by atoms with Crippen molar-refractivity contribution >= 4 is 21.7 Å². The highest BCUT2D eigenvalue weighted by Crippen LogP contribution is 2.37. The summed E-state index contributed by atoms with van der Waals surface area (Å²) >= 11 is 0. The Morgan fingerprint density at radius 3 is 2.30 bits per heavy atom. The number of rotatable bonds is 5. The maximum atomic E-state index is 13.5. The Kier molecular flexibility index (Phi) is 5.30. The Labute approximate surface area is 175 Å². The standard InChI is InChI=1S/C23H21NO5S/c1-16-9-11-18(12-10-16)30(27,28)22-19(20-8-5-13-29-20)14-21(25)24(23(22)26)15-17-6-3-2-4-7-17/h2-13,19,22H,14-15H2,1H3/t19-,22-/m1/s1. The first-order valence-corrected chi connectivity index (χ1v) is 11.1. The average molecular weight is 423 g/mol. The van der Waals surface area contributed by atoms with E-state index in [2.05, 4.69) is 0 Å². The highest BCUT2D eigenvalue weighted by atomic mass is 32.2. The Balaban J connectivity index is 1.77. The second-order valence-corrected chi connectivity index (χ2v) is 9.48. The molecular formula is C23H21NO5S. The van der Waals surface area contributed by atoms with E-state index in [-0.39, 0.29) is 17.9 Å². The van der Waals surface area contributed by atoms with Crippen LogP contribution in [-0.2, 0) is 26.0 Å². The molecule has 0 unspecified atom stereocenters. The van der Waals surface area contributed by atoms with Crippen molar-refractivity contribution in [3.05, 3.63) is 89.9 Å². The number of furan rings is 1. The molecule has 1 aliphatic heterocycles. The van der Waals surface area contributed by atoms with Crippen molar-refractivity contribution in [3.8, 4) is 0 Å². The molecule has 0 spiro atoms. The van der Waals surface area contributed by atoms with Gasteiger partial charge in [-0.15, -0.1) is 0 Å². The minimum absolute atomic E-state index is 0.0311. The zero-order valence-electron chi connectivity index (χ0n) is 16.4. The number of imide groups is 1. The average Bonchev–Trinajstić information content (AvgIpc) is 3.26. The lowest BCUT2D eigenvalue weighted by Gasteiger charge is -2.35. The van der Waals surface area contributed by atoms with Gasteiger partial charge in [0.1, 0.15) is 5.76 Å². The molecule has 2 atom stereocenters. The van der Waals surface area contributed by atoms with Crippen LogP contribution in [0.4, 0.5) is 0 Å². The van der Waals surface area contributed by atoms with E-state index in [1.807, 2.05) is 13.0 Å².